The number of benzene rings is 2. The first-order valence-corrected chi connectivity index (χ1v) is 8.84. The quantitative estimate of drug-likeness (QED) is 0.705. The number of hydrogen-bond acceptors (Lipinski definition) is 2. The van der Waals surface area contributed by atoms with E-state index in [1.807, 2.05) is 24.3 Å². The van der Waals surface area contributed by atoms with Gasteiger partial charge in [0.05, 0.1) is 5.41 Å². The van der Waals surface area contributed by atoms with Crippen LogP contribution in [0.2, 0.25) is 5.02 Å². The fourth-order valence-electron chi connectivity index (χ4n) is 3.41. The van der Waals surface area contributed by atoms with Crippen LogP contribution in [0.5, 0.6) is 5.75 Å². The van der Waals surface area contributed by atoms with Gasteiger partial charge < -0.3 is 9.64 Å². The molecule has 0 radical (unpaired) electrons. The third-order valence-electron chi connectivity index (χ3n) is 4.93. The summed E-state index contributed by atoms with van der Waals surface area (Å²) in [6.07, 6.45) is 2.65. The molecular formula is C20H20ClF2NO2. The lowest BCUT2D eigenvalue weighted by molar-refractivity contribution is -0.140. The molecule has 3 nitrogen and oxygen atoms in total. The second-order valence-electron chi connectivity index (χ2n) is 6.63. The van der Waals surface area contributed by atoms with Crippen molar-refractivity contribution < 1.29 is 18.3 Å². The summed E-state index contributed by atoms with van der Waals surface area (Å²) < 4.78 is 28.8. The number of rotatable bonds is 6. The molecule has 6 heteroatoms. The molecule has 0 unspecified atom stereocenters. The molecule has 3 rings (SSSR count). The van der Waals surface area contributed by atoms with Crippen molar-refractivity contribution in [2.24, 2.45) is 0 Å². The lowest BCUT2D eigenvalue weighted by Gasteiger charge is -2.43. The van der Waals surface area contributed by atoms with Gasteiger partial charge in [0.15, 0.2) is 0 Å². The van der Waals surface area contributed by atoms with Crippen LogP contribution in [0.1, 0.15) is 30.4 Å². The van der Waals surface area contributed by atoms with Crippen molar-refractivity contribution in [3.8, 4) is 5.75 Å². The van der Waals surface area contributed by atoms with Gasteiger partial charge in [0, 0.05) is 18.6 Å². The Labute approximate surface area is 156 Å². The number of carbonyl (C=O) groups is 1. The number of amides is 1. The summed E-state index contributed by atoms with van der Waals surface area (Å²) in [5.41, 5.74) is 1.36. The van der Waals surface area contributed by atoms with Crippen molar-refractivity contribution in [1.29, 1.82) is 0 Å². The first-order valence-electron chi connectivity index (χ1n) is 8.46. The van der Waals surface area contributed by atoms with Crippen LogP contribution in [0.15, 0.2) is 48.5 Å². The number of alkyl halides is 2. The topological polar surface area (TPSA) is 29.5 Å². The minimum Gasteiger partial charge on any atom is -0.435 e. The highest BCUT2D eigenvalue weighted by atomic mass is 35.5. The van der Waals surface area contributed by atoms with Crippen LogP contribution < -0.4 is 4.74 Å². The third kappa shape index (κ3) is 3.83. The highest BCUT2D eigenvalue weighted by Crippen LogP contribution is 2.45. The molecule has 0 heterocycles. The largest absolute Gasteiger partial charge is 0.435 e. The molecule has 0 atom stereocenters. The summed E-state index contributed by atoms with van der Waals surface area (Å²) in [5.74, 6) is 0.174. The Morgan fingerprint density at radius 3 is 2.27 bits per heavy atom. The van der Waals surface area contributed by atoms with Gasteiger partial charge in [0.2, 0.25) is 5.91 Å². The number of likely N-dealkylation sites (N-methyl/N-ethyl adjacent to an activating group) is 1. The molecule has 0 aliphatic heterocycles. The summed E-state index contributed by atoms with van der Waals surface area (Å²) in [6.45, 7) is -2.44. The lowest BCUT2D eigenvalue weighted by Crippen LogP contribution is -2.49. The lowest BCUT2D eigenvalue weighted by atomic mass is 9.63. The molecule has 1 fully saturated rings. The number of nitrogens with zero attached hydrogens (tertiary/aromatic N) is 1. The summed E-state index contributed by atoms with van der Waals surface area (Å²) >= 11 is 5.96. The second-order valence-corrected chi connectivity index (χ2v) is 7.06. The predicted octanol–water partition coefficient (Wildman–Crippen LogP) is 5.02. The molecule has 1 saturated carbocycles. The van der Waals surface area contributed by atoms with Gasteiger partial charge in [-0.2, -0.15) is 8.78 Å². The molecule has 2 aromatic carbocycles. The monoisotopic (exact) mass is 379 g/mol. The van der Waals surface area contributed by atoms with Gasteiger partial charge in [-0.1, -0.05) is 42.3 Å². The third-order valence-corrected chi connectivity index (χ3v) is 5.18. The van der Waals surface area contributed by atoms with Crippen LogP contribution in [0.4, 0.5) is 8.78 Å². The van der Waals surface area contributed by atoms with E-state index in [1.165, 1.54) is 12.1 Å². The van der Waals surface area contributed by atoms with Gasteiger partial charge in [-0.05, 0) is 48.2 Å². The Kier molecular flexibility index (Phi) is 5.47. The van der Waals surface area contributed by atoms with E-state index in [4.69, 9.17) is 11.6 Å². The number of carbonyl (C=O) groups excluding carboxylic acids is 1. The van der Waals surface area contributed by atoms with Crippen molar-refractivity contribution in [1.82, 2.24) is 4.90 Å². The Morgan fingerprint density at radius 1 is 1.15 bits per heavy atom. The maximum atomic E-state index is 13.1. The van der Waals surface area contributed by atoms with Crippen LogP contribution >= 0.6 is 11.6 Å². The summed E-state index contributed by atoms with van der Waals surface area (Å²) in [5, 5.41) is 0.648. The van der Waals surface area contributed by atoms with E-state index < -0.39 is 12.0 Å². The van der Waals surface area contributed by atoms with Crippen molar-refractivity contribution in [2.45, 2.75) is 37.8 Å². The van der Waals surface area contributed by atoms with Gasteiger partial charge >= 0.3 is 6.61 Å². The average molecular weight is 380 g/mol. The minimum absolute atomic E-state index is 0.0685. The smallest absolute Gasteiger partial charge is 0.387 e. The Balaban J connectivity index is 1.71. The molecule has 2 aromatic rings. The fourth-order valence-corrected chi connectivity index (χ4v) is 3.54. The van der Waals surface area contributed by atoms with E-state index in [1.54, 1.807) is 24.1 Å². The molecular weight excluding hydrogens is 360 g/mol. The molecule has 0 spiro atoms. The Bertz CT molecular complexity index is 758. The highest BCUT2D eigenvalue weighted by Gasteiger charge is 2.46. The van der Waals surface area contributed by atoms with E-state index in [-0.39, 0.29) is 11.7 Å². The van der Waals surface area contributed by atoms with Gasteiger partial charge in [-0.15, -0.1) is 0 Å². The van der Waals surface area contributed by atoms with E-state index >= 15 is 0 Å². The molecule has 1 aliphatic rings. The van der Waals surface area contributed by atoms with Crippen LogP contribution in [0.25, 0.3) is 0 Å². The van der Waals surface area contributed by atoms with Gasteiger partial charge in [-0.25, -0.2) is 0 Å². The minimum atomic E-state index is -2.84. The van der Waals surface area contributed by atoms with Gasteiger partial charge in [0.1, 0.15) is 5.75 Å². The van der Waals surface area contributed by atoms with Gasteiger partial charge in [-0.3, -0.25) is 4.79 Å². The highest BCUT2D eigenvalue weighted by molar-refractivity contribution is 6.30. The molecule has 0 saturated heterocycles. The van der Waals surface area contributed by atoms with Crippen molar-refractivity contribution >= 4 is 17.5 Å². The zero-order valence-corrected chi connectivity index (χ0v) is 15.2. The molecule has 1 aliphatic carbocycles. The van der Waals surface area contributed by atoms with Crippen LogP contribution in [-0.4, -0.2) is 24.5 Å². The van der Waals surface area contributed by atoms with E-state index in [0.717, 1.165) is 30.4 Å². The zero-order valence-electron chi connectivity index (χ0n) is 14.4. The fraction of sp³-hybridized carbons (Fsp3) is 0.350. The number of ether oxygens (including phenoxy) is 1. The van der Waals surface area contributed by atoms with Crippen molar-refractivity contribution in [3.05, 3.63) is 64.7 Å². The number of hydrogen-bond donors (Lipinski definition) is 0. The van der Waals surface area contributed by atoms with Gasteiger partial charge in [0.25, 0.3) is 0 Å². The van der Waals surface area contributed by atoms with Crippen molar-refractivity contribution in [3.63, 3.8) is 0 Å². The van der Waals surface area contributed by atoms with E-state index in [9.17, 15) is 13.6 Å². The Hall–Kier alpha value is -2.14. The summed E-state index contributed by atoms with van der Waals surface area (Å²) in [7, 11) is 1.77. The molecule has 26 heavy (non-hydrogen) atoms. The first kappa shape index (κ1) is 18.6. The first-order chi connectivity index (χ1) is 12.4. The summed E-state index contributed by atoms with van der Waals surface area (Å²) in [6, 6.07) is 13.8. The molecule has 1 amide bonds. The molecule has 0 aromatic heterocycles. The molecule has 138 valence electrons. The van der Waals surface area contributed by atoms with Crippen LogP contribution in [-0.2, 0) is 16.8 Å². The molecule has 0 bridgehead atoms. The Morgan fingerprint density at radius 2 is 1.77 bits per heavy atom. The van der Waals surface area contributed by atoms with Crippen LogP contribution in [0.3, 0.4) is 0 Å². The maximum Gasteiger partial charge on any atom is 0.387 e. The average Bonchev–Trinajstić information content (AvgIpc) is 2.56. The predicted molar refractivity (Wildman–Crippen MR) is 96.5 cm³/mol. The van der Waals surface area contributed by atoms with E-state index in [2.05, 4.69) is 4.74 Å². The van der Waals surface area contributed by atoms with Crippen molar-refractivity contribution in [2.75, 3.05) is 7.05 Å². The SMILES string of the molecule is CN(Cc1ccc(OC(F)F)cc1)C(=O)C1(c2ccc(Cl)cc2)CCC1. The zero-order chi connectivity index (χ0) is 18.7. The van der Waals surface area contributed by atoms with E-state index in [0.29, 0.717) is 11.6 Å². The maximum absolute atomic E-state index is 13.1. The normalized spacial score (nSPS) is 15.4. The second kappa shape index (κ2) is 7.62. The molecule has 0 N–H and O–H groups in total. The standard InChI is InChI=1S/C20H20ClF2NO2/c1-24(13-14-3-9-17(10-4-14)26-19(22)23)18(25)20(11-2-12-20)15-5-7-16(21)8-6-15/h3-10,19H,2,11-13H2,1H3. The summed E-state index contributed by atoms with van der Waals surface area (Å²) in [4.78, 5) is 14.8. The van der Waals surface area contributed by atoms with Crippen LogP contribution in [0, 0.1) is 0 Å². The number of halogens is 3.